The summed E-state index contributed by atoms with van der Waals surface area (Å²) in [5, 5.41) is 23.3. The number of nitrogens with zero attached hydrogens (tertiary/aromatic N) is 6. The Bertz CT molecular complexity index is 2970. The average Bonchev–Trinajstić information content (AvgIpc) is 3.90. The van der Waals surface area contributed by atoms with Crippen LogP contribution in [-0.4, -0.2) is 52.3 Å². The molecule has 0 amide bonds. The summed E-state index contributed by atoms with van der Waals surface area (Å²) in [7, 11) is 0. The summed E-state index contributed by atoms with van der Waals surface area (Å²) < 4.78 is 24.9. The van der Waals surface area contributed by atoms with Crippen LogP contribution in [0.5, 0.6) is 0 Å². The molecule has 18 heteroatoms. The van der Waals surface area contributed by atoms with Crippen molar-refractivity contribution < 1.29 is 58.2 Å². The van der Waals surface area contributed by atoms with Crippen molar-refractivity contribution in [1.29, 1.82) is 0 Å². The molecule has 16 nitrogen and oxygen atoms in total. The van der Waals surface area contributed by atoms with Crippen molar-refractivity contribution >= 4 is 83.5 Å². The van der Waals surface area contributed by atoms with E-state index in [4.69, 9.17) is 18.3 Å². The van der Waals surface area contributed by atoms with E-state index in [1.165, 1.54) is 46.5 Å². The second-order valence-electron chi connectivity index (χ2n) is 15.9. The van der Waals surface area contributed by atoms with Crippen LogP contribution in [-0.2, 0) is 29.9 Å². The van der Waals surface area contributed by atoms with E-state index in [0.29, 0.717) is 38.2 Å². The molecule has 0 aliphatic heterocycles. The molecular formula is C43H41BrN6O10Pd. The first-order valence-electron chi connectivity index (χ1n) is 18.5. The molecule has 4 aromatic heterocycles. The summed E-state index contributed by atoms with van der Waals surface area (Å²) in [6.45, 7) is 16.9. The summed E-state index contributed by atoms with van der Waals surface area (Å²) >= 11 is 3.04. The fourth-order valence-electron chi connectivity index (χ4n) is 6.16. The average molecular weight is 988 g/mol. The maximum Gasteiger partial charge on any atom is 0.419 e. The summed E-state index contributed by atoms with van der Waals surface area (Å²) in [6.07, 6.45) is -0.876. The van der Waals surface area contributed by atoms with Crippen LogP contribution < -0.4 is 0 Å². The first kappa shape index (κ1) is 45.9. The number of carbonyl (C=O) groups excluding carboxylic acids is 2. The molecule has 0 unspecified atom stereocenters. The number of fused-ring (bicyclic) bond motifs is 4. The first-order valence-corrected chi connectivity index (χ1v) is 19.3. The Labute approximate surface area is 370 Å². The predicted octanol–water partition coefficient (Wildman–Crippen LogP) is 12.0. The van der Waals surface area contributed by atoms with Gasteiger partial charge in [0.15, 0.2) is 11.2 Å². The van der Waals surface area contributed by atoms with E-state index in [0.717, 1.165) is 27.5 Å². The summed E-state index contributed by atoms with van der Waals surface area (Å²) in [5.74, 6) is 0.181. The smallest absolute Gasteiger partial charge is 0.419 e. The molecule has 0 saturated heterocycles. The van der Waals surface area contributed by atoms with Gasteiger partial charge in [-0.15, -0.1) is 0 Å². The number of carbonyl (C=O) groups is 2. The van der Waals surface area contributed by atoms with E-state index < -0.39 is 27.1 Å². The second kappa shape index (κ2) is 17.8. The third kappa shape index (κ3) is 10.8. The van der Waals surface area contributed by atoms with Gasteiger partial charge in [0.1, 0.15) is 27.9 Å². The summed E-state index contributed by atoms with van der Waals surface area (Å²) in [5.41, 5.74) is 5.58. The topological polar surface area (TPSA) is 201 Å². The molecule has 0 radical (unpaired) electrons. The molecular weight excluding hydrogens is 947 g/mol. The number of rotatable bonds is 3. The van der Waals surface area contributed by atoms with Crippen molar-refractivity contribution in [2.75, 3.05) is 0 Å². The van der Waals surface area contributed by atoms with Crippen LogP contribution in [0.15, 0.2) is 98.6 Å². The molecule has 0 spiro atoms. The Kier molecular flexibility index (Phi) is 13.4. The number of hydrogen-bond donors (Lipinski definition) is 0. The van der Waals surface area contributed by atoms with Crippen molar-refractivity contribution in [1.82, 2.24) is 19.1 Å². The predicted molar refractivity (Wildman–Crippen MR) is 229 cm³/mol. The zero-order valence-corrected chi connectivity index (χ0v) is 37.7. The minimum absolute atomic E-state index is 0. The molecule has 8 aromatic rings. The quantitative estimate of drug-likeness (QED) is 0.0922. The molecule has 0 N–H and O–H groups in total. The zero-order valence-electron chi connectivity index (χ0n) is 34.5. The van der Waals surface area contributed by atoms with Gasteiger partial charge in [-0.25, -0.2) is 28.7 Å². The maximum absolute atomic E-state index is 13.0. The first-order chi connectivity index (χ1) is 28.1. The number of halogens is 1. The van der Waals surface area contributed by atoms with Crippen LogP contribution in [0.25, 0.3) is 55.6 Å². The van der Waals surface area contributed by atoms with Crippen LogP contribution in [0.1, 0.15) is 58.4 Å². The van der Waals surface area contributed by atoms with Gasteiger partial charge >= 0.3 is 12.2 Å². The number of nitro benzene ring substituents is 2. The summed E-state index contributed by atoms with van der Waals surface area (Å²) in [4.78, 5) is 54.2. The fourth-order valence-corrected chi connectivity index (χ4v) is 6.52. The number of non-ortho nitro benzene ring substituents is 2. The second-order valence-corrected chi connectivity index (χ2v) is 16.6. The third-order valence-electron chi connectivity index (χ3n) is 8.61. The molecule has 0 saturated carbocycles. The largest absolute Gasteiger partial charge is 0.443 e. The molecule has 0 fully saturated rings. The fraction of sp³-hybridized carbons (Fsp3) is 0.256. The Hall–Kier alpha value is -6.22. The maximum atomic E-state index is 13.0. The van der Waals surface area contributed by atoms with Crippen LogP contribution in [0.4, 0.5) is 21.0 Å². The molecule has 61 heavy (non-hydrogen) atoms. The van der Waals surface area contributed by atoms with E-state index in [-0.39, 0.29) is 43.8 Å². The molecule has 0 atom stereocenters. The number of benzene rings is 4. The minimum atomic E-state index is -0.683. The number of nitro groups is 2. The van der Waals surface area contributed by atoms with Crippen LogP contribution in [0, 0.1) is 41.0 Å². The molecule has 8 rings (SSSR count). The Balaban J connectivity index is 0.000000188. The van der Waals surface area contributed by atoms with Gasteiger partial charge in [-0.2, -0.15) is 0 Å². The molecule has 4 heterocycles. The Morgan fingerprint density at radius 2 is 1.10 bits per heavy atom. The van der Waals surface area contributed by atoms with E-state index in [2.05, 4.69) is 32.0 Å². The van der Waals surface area contributed by atoms with E-state index in [9.17, 15) is 29.8 Å². The van der Waals surface area contributed by atoms with Gasteiger partial charge in [-0.1, -0.05) is 23.3 Å². The number of aryl methyl sites for hydroxylation is 3. The van der Waals surface area contributed by atoms with E-state index >= 15 is 0 Å². The van der Waals surface area contributed by atoms with Gasteiger partial charge in [0.2, 0.25) is 5.89 Å². The molecule has 0 aliphatic rings. The van der Waals surface area contributed by atoms with Gasteiger partial charge in [0.25, 0.3) is 16.2 Å². The minimum Gasteiger partial charge on any atom is -0.443 e. The van der Waals surface area contributed by atoms with Crippen LogP contribution >= 0.6 is 15.9 Å². The number of ether oxygens (including phenoxy) is 2. The van der Waals surface area contributed by atoms with Crippen LogP contribution in [0.2, 0.25) is 0 Å². The number of hydrogen-bond acceptors (Lipinski definition) is 12. The van der Waals surface area contributed by atoms with E-state index in [1.54, 1.807) is 31.4 Å². The van der Waals surface area contributed by atoms with Crippen LogP contribution in [0.3, 0.4) is 0 Å². The van der Waals surface area contributed by atoms with Crippen molar-refractivity contribution in [3.05, 3.63) is 127 Å². The van der Waals surface area contributed by atoms with E-state index in [1.807, 2.05) is 77.9 Å². The van der Waals surface area contributed by atoms with Gasteiger partial charge in [0, 0.05) is 77.1 Å². The standard InChI is InChI=1S/C21H19N3O5.C15H19NO2.C7H3BrN2O3.Pd/c1-12-5-7-16-13(9-12)10-17(23(16)20(25)29-21(2,3)4)19-22-15-11-14(24(26)27)6-8-18(15)28-19;1-10-6-7-13-12(8-10)9-11(2)16(13)14(17)18-15(3,4)5;8-7-9-5-3-4(10(11)12)1-2-6(5)13-7;/h5-11H,1-4H3;6-9H,1-5H3;1-3H;. The van der Waals surface area contributed by atoms with Gasteiger partial charge in [-0.05, 0) is 111 Å². The van der Waals surface area contributed by atoms with Crippen molar-refractivity contribution in [3.8, 4) is 11.6 Å². The number of aromatic nitrogens is 4. The molecule has 0 aliphatic carbocycles. The summed E-state index contributed by atoms with van der Waals surface area (Å²) in [6, 6.07) is 24.0. The van der Waals surface area contributed by atoms with Crippen molar-refractivity contribution in [2.24, 2.45) is 0 Å². The molecule has 320 valence electrons. The third-order valence-corrected chi connectivity index (χ3v) is 8.95. The van der Waals surface area contributed by atoms with Crippen molar-refractivity contribution in [3.63, 3.8) is 0 Å². The molecule has 0 bridgehead atoms. The monoisotopic (exact) mass is 986 g/mol. The van der Waals surface area contributed by atoms with Gasteiger partial charge in [-0.3, -0.25) is 20.2 Å². The van der Waals surface area contributed by atoms with Gasteiger partial charge < -0.3 is 18.3 Å². The Morgan fingerprint density at radius 3 is 1.61 bits per heavy atom. The van der Waals surface area contributed by atoms with Crippen molar-refractivity contribution in [2.45, 2.75) is 73.5 Å². The normalized spacial score (nSPS) is 11.4. The number of oxazole rings is 2. The van der Waals surface area contributed by atoms with Gasteiger partial charge in [0.05, 0.1) is 20.9 Å². The SMILES string of the molecule is Cc1ccc2c(c1)cc(-c1nc3cc([N+](=O)[O-])ccc3o1)n2C(=O)OC(C)(C)C.Cc1ccc2c(c1)cc(C)n2C(=O)OC(C)(C)C.O=[N+]([O-])c1ccc2oc(Br)nc2c1.[Pd]. The Morgan fingerprint density at radius 1 is 0.639 bits per heavy atom. The molecule has 4 aromatic carbocycles. The zero-order chi connectivity index (χ0) is 43.8.